The number of methoxy groups -OCH3 is 1. The van der Waals surface area contributed by atoms with E-state index < -0.39 is 22.6 Å². The lowest BCUT2D eigenvalue weighted by Crippen LogP contribution is -2.78. The summed E-state index contributed by atoms with van der Waals surface area (Å²) < 4.78 is 5.98. The van der Waals surface area contributed by atoms with Crippen LogP contribution in [0.15, 0.2) is 35.9 Å². The van der Waals surface area contributed by atoms with Gasteiger partial charge in [-0.25, -0.2) is 0 Å². The summed E-state index contributed by atoms with van der Waals surface area (Å²) in [4.78, 5) is 13.5. The quantitative estimate of drug-likeness (QED) is 0.407. The summed E-state index contributed by atoms with van der Waals surface area (Å²) in [6.45, 7) is 3.26. The largest absolute Gasteiger partial charge is 0.468 e. The van der Waals surface area contributed by atoms with E-state index >= 15 is 0 Å². The number of hydrogen-bond donors (Lipinski definition) is 3. The number of carbonyl (C=O) groups is 1. The van der Waals surface area contributed by atoms with E-state index in [1.54, 1.807) is 0 Å². The molecule has 28 heavy (non-hydrogen) atoms. The minimum atomic E-state index is -1.13. The summed E-state index contributed by atoms with van der Waals surface area (Å²) in [5.74, 6) is -0.629. The number of carbonyl (C=O) groups excluding carboxylic acids is 1. The number of aliphatic hydroxyl groups is 2. The van der Waals surface area contributed by atoms with Gasteiger partial charge < -0.3 is 20.3 Å². The number of anilines is 1. The molecule has 0 radical (unpaired) electrons. The number of aliphatic hydroxyl groups excluding tert-OH is 2. The van der Waals surface area contributed by atoms with Crippen LogP contribution in [0, 0.1) is 11.3 Å². The minimum absolute atomic E-state index is 0.258. The van der Waals surface area contributed by atoms with E-state index in [4.69, 9.17) is 4.74 Å². The lowest BCUT2D eigenvalue weighted by Gasteiger charge is -2.58. The van der Waals surface area contributed by atoms with Gasteiger partial charge in [0, 0.05) is 18.0 Å². The van der Waals surface area contributed by atoms with E-state index in [2.05, 4.69) is 24.5 Å². The second-order valence-corrected chi connectivity index (χ2v) is 9.16. The second-order valence-electron chi connectivity index (χ2n) is 9.16. The molecule has 6 nitrogen and oxygen atoms in total. The zero-order valence-corrected chi connectivity index (χ0v) is 16.7. The molecule has 6 rings (SSSR count). The summed E-state index contributed by atoms with van der Waals surface area (Å²) in [5.41, 5.74) is 0.476. The van der Waals surface area contributed by atoms with Crippen molar-refractivity contribution >= 4 is 11.7 Å². The monoisotopic (exact) mass is 385 g/mol. The maximum Gasteiger partial charge on any atom is 0.316 e. The summed E-state index contributed by atoms with van der Waals surface area (Å²) in [6, 6.07) is 8.04. The third kappa shape index (κ3) is 1.52. The predicted octanol–water partition coefficient (Wildman–Crippen LogP) is 1.39. The molecule has 5 aliphatic rings. The van der Waals surface area contributed by atoms with Gasteiger partial charge in [-0.2, -0.15) is 0 Å². The molecule has 1 aromatic rings. The Hall–Kier alpha value is -1.89. The van der Waals surface area contributed by atoms with Crippen LogP contribution < -0.4 is 5.32 Å². The first-order chi connectivity index (χ1) is 13.4. The molecule has 1 aliphatic carbocycles. The molecule has 6 atom stereocenters. The normalized spacial score (nSPS) is 46.7. The highest BCUT2D eigenvalue weighted by atomic mass is 16.5. The lowest BCUT2D eigenvalue weighted by atomic mass is 9.45. The summed E-state index contributed by atoms with van der Waals surface area (Å²) in [5, 5.41) is 26.2. The van der Waals surface area contributed by atoms with Gasteiger partial charge in [-0.05, 0) is 30.5 Å². The molecule has 150 valence electrons. The van der Waals surface area contributed by atoms with Crippen LogP contribution in [0.25, 0.3) is 0 Å². The third-order valence-corrected chi connectivity index (χ3v) is 8.64. The summed E-state index contributed by atoms with van der Waals surface area (Å²) in [7, 11) is 3.59. The molecule has 1 saturated carbocycles. The number of nitrogens with zero attached hydrogens (tertiary/aromatic N) is 1. The third-order valence-electron chi connectivity index (χ3n) is 8.64. The van der Waals surface area contributed by atoms with Gasteiger partial charge in [-0.3, -0.25) is 9.28 Å². The first kappa shape index (κ1) is 18.2. The number of quaternary nitrogens is 1. The van der Waals surface area contributed by atoms with Crippen LogP contribution in [0.4, 0.5) is 5.69 Å². The van der Waals surface area contributed by atoms with Crippen LogP contribution >= 0.6 is 0 Å². The number of esters is 1. The molecule has 3 saturated heterocycles. The standard InChI is InChI=1S/C22H29N2O4/c1-4-14-12-24(2)10-9-21-15-7-5-6-8-17(15)23-22(21,24)18(26)11-16(14)20(21,13-25)19(27)28-3/h4-8,16,18,23,25-26H,9-13H2,1-3H3/q+1/b14-4+/t16-,18+,20?,21+,22+,24+/m1/s1. The van der Waals surface area contributed by atoms with E-state index in [1.165, 1.54) is 7.11 Å². The van der Waals surface area contributed by atoms with E-state index in [9.17, 15) is 15.0 Å². The van der Waals surface area contributed by atoms with Gasteiger partial charge in [-0.15, -0.1) is 0 Å². The molecule has 1 unspecified atom stereocenters. The predicted molar refractivity (Wildman–Crippen MR) is 104 cm³/mol. The number of allylic oxidation sites excluding steroid dienone is 1. The van der Waals surface area contributed by atoms with Gasteiger partial charge in [0.05, 0.1) is 32.7 Å². The molecular formula is C22H29N2O4+. The van der Waals surface area contributed by atoms with Gasteiger partial charge in [0.1, 0.15) is 18.1 Å². The number of nitrogens with one attached hydrogen (secondary N) is 1. The Labute approximate surface area is 165 Å². The molecule has 6 heteroatoms. The second kappa shape index (κ2) is 5.38. The van der Waals surface area contributed by atoms with Crippen molar-refractivity contribution < 1.29 is 24.2 Å². The topological polar surface area (TPSA) is 78.8 Å². The van der Waals surface area contributed by atoms with E-state index in [0.29, 0.717) is 17.3 Å². The highest BCUT2D eigenvalue weighted by Crippen LogP contribution is 2.74. The fourth-order valence-electron chi connectivity index (χ4n) is 7.70. The Bertz CT molecular complexity index is 900. The van der Waals surface area contributed by atoms with Crippen LogP contribution in [0.5, 0.6) is 0 Å². The summed E-state index contributed by atoms with van der Waals surface area (Å²) >= 11 is 0. The maximum absolute atomic E-state index is 13.5. The van der Waals surface area contributed by atoms with Gasteiger partial charge in [-0.1, -0.05) is 24.3 Å². The van der Waals surface area contributed by atoms with Crippen LogP contribution in [-0.4, -0.2) is 66.3 Å². The highest BCUT2D eigenvalue weighted by molar-refractivity contribution is 5.85. The molecule has 4 bridgehead atoms. The fraction of sp³-hybridized carbons (Fsp3) is 0.591. The molecule has 1 spiro atoms. The maximum atomic E-state index is 13.5. The van der Waals surface area contributed by atoms with Crippen molar-refractivity contribution in [2.45, 2.75) is 36.9 Å². The van der Waals surface area contributed by atoms with Gasteiger partial charge in [0.15, 0.2) is 0 Å². The highest BCUT2D eigenvalue weighted by Gasteiger charge is 2.88. The first-order valence-corrected chi connectivity index (χ1v) is 10.1. The van der Waals surface area contributed by atoms with Gasteiger partial charge in [0.2, 0.25) is 5.66 Å². The van der Waals surface area contributed by atoms with Crippen LogP contribution in [0.3, 0.4) is 0 Å². The average molecular weight is 385 g/mol. The lowest BCUT2D eigenvalue weighted by molar-refractivity contribution is -0.944. The fourth-order valence-corrected chi connectivity index (χ4v) is 7.70. The number of hydrogen-bond acceptors (Lipinski definition) is 5. The van der Waals surface area contributed by atoms with Crippen LogP contribution in [0.1, 0.15) is 25.3 Å². The molecule has 3 N–H and O–H groups in total. The number of likely N-dealkylation sites (N-methyl/N-ethyl adjacent to an activating group) is 1. The Kier molecular flexibility index (Phi) is 3.49. The molecule has 4 aliphatic heterocycles. The zero-order valence-electron chi connectivity index (χ0n) is 16.7. The molecule has 1 aromatic carbocycles. The molecular weight excluding hydrogens is 356 g/mol. The smallest absolute Gasteiger partial charge is 0.316 e. The van der Waals surface area contributed by atoms with Crippen molar-refractivity contribution in [1.82, 2.24) is 0 Å². The first-order valence-electron chi connectivity index (χ1n) is 10.1. The number of rotatable bonds is 2. The molecule has 4 heterocycles. The Balaban J connectivity index is 1.96. The number of benzene rings is 1. The molecule has 0 amide bonds. The van der Waals surface area contributed by atoms with Crippen LogP contribution in [0.2, 0.25) is 0 Å². The van der Waals surface area contributed by atoms with Gasteiger partial charge >= 0.3 is 5.97 Å². The summed E-state index contributed by atoms with van der Waals surface area (Å²) in [6.07, 6.45) is 2.59. The van der Waals surface area contributed by atoms with E-state index in [0.717, 1.165) is 29.9 Å². The van der Waals surface area contributed by atoms with Crippen molar-refractivity contribution in [2.24, 2.45) is 11.3 Å². The number of ether oxygens (including phenoxy) is 1. The zero-order chi connectivity index (χ0) is 19.9. The van der Waals surface area contributed by atoms with Crippen molar-refractivity contribution in [3.63, 3.8) is 0 Å². The van der Waals surface area contributed by atoms with Crippen molar-refractivity contribution in [1.29, 1.82) is 0 Å². The van der Waals surface area contributed by atoms with Crippen molar-refractivity contribution in [3.8, 4) is 0 Å². The van der Waals surface area contributed by atoms with Crippen molar-refractivity contribution in [3.05, 3.63) is 41.5 Å². The molecule has 0 aromatic heterocycles. The van der Waals surface area contributed by atoms with Gasteiger partial charge in [0.25, 0.3) is 0 Å². The molecule has 4 fully saturated rings. The Morgan fingerprint density at radius 3 is 2.86 bits per heavy atom. The Morgan fingerprint density at radius 1 is 1.43 bits per heavy atom. The van der Waals surface area contributed by atoms with Crippen LogP contribution in [-0.2, 0) is 14.9 Å². The average Bonchev–Trinajstić information content (AvgIpc) is 3.12. The minimum Gasteiger partial charge on any atom is -0.468 e. The Morgan fingerprint density at radius 2 is 2.18 bits per heavy atom. The SMILES string of the molecule is C/C=C1\C[N@+]2(C)CC[C@@]34c5ccccc5N[C@]32[C@@H](O)C[C@H]1C4(CO)C(=O)OC. The van der Waals surface area contributed by atoms with Crippen molar-refractivity contribution in [2.75, 3.05) is 39.2 Å². The van der Waals surface area contributed by atoms with E-state index in [1.807, 2.05) is 25.1 Å². The van der Waals surface area contributed by atoms with E-state index in [-0.39, 0.29) is 18.5 Å². The number of fused-ring (bicyclic) bond motifs is 3. The number of para-hydroxylation sites is 1.